The van der Waals surface area contributed by atoms with Crippen LogP contribution in [0.5, 0.6) is 0 Å². The minimum atomic E-state index is 0.990. The molecule has 0 aliphatic rings. The van der Waals surface area contributed by atoms with Gasteiger partial charge in [0.05, 0.1) is 5.69 Å². The van der Waals surface area contributed by atoms with E-state index in [1.807, 2.05) is 19.1 Å². The summed E-state index contributed by atoms with van der Waals surface area (Å²) >= 11 is 2.29. The molecule has 3 nitrogen and oxygen atoms in total. The lowest BCUT2D eigenvalue weighted by Gasteiger charge is -2.08. The molecular weight excluding hydrogens is 313 g/mol. The zero-order valence-corrected chi connectivity index (χ0v) is 12.2. The molecule has 0 aliphatic carbocycles. The number of rotatable bonds is 5. The third-order valence-electron chi connectivity index (χ3n) is 2.14. The molecule has 1 rings (SSSR count). The average molecular weight is 331 g/mol. The van der Waals surface area contributed by atoms with E-state index >= 15 is 0 Å². The van der Waals surface area contributed by atoms with Crippen molar-refractivity contribution < 1.29 is 0 Å². The van der Waals surface area contributed by atoms with E-state index < -0.39 is 0 Å². The molecule has 0 fully saturated rings. The fourth-order valence-electron chi connectivity index (χ4n) is 1.13. The van der Waals surface area contributed by atoms with Crippen molar-refractivity contribution in [2.75, 3.05) is 26.1 Å². The first kappa shape index (κ1) is 13.4. The highest BCUT2D eigenvalue weighted by Crippen LogP contribution is 2.10. The summed E-state index contributed by atoms with van der Waals surface area (Å²) in [6, 6.07) is 8.19. The molecule has 0 heterocycles. The molecule has 0 radical (unpaired) electrons. The van der Waals surface area contributed by atoms with Crippen molar-refractivity contribution in [1.29, 1.82) is 0 Å². The zero-order valence-electron chi connectivity index (χ0n) is 10.00. The predicted molar refractivity (Wildman–Crippen MR) is 79.1 cm³/mol. The predicted octanol–water partition coefficient (Wildman–Crippen LogP) is 3.03. The number of nitrogens with one attached hydrogen (secondary N) is 1. The van der Waals surface area contributed by atoms with Gasteiger partial charge < -0.3 is 4.90 Å². The van der Waals surface area contributed by atoms with Crippen LogP contribution in [0.4, 0.5) is 5.69 Å². The Labute approximate surface area is 111 Å². The first-order chi connectivity index (χ1) is 7.58. The number of benzene rings is 1. The summed E-state index contributed by atoms with van der Waals surface area (Å²) in [4.78, 5) is 2.16. The summed E-state index contributed by atoms with van der Waals surface area (Å²) in [6.45, 7) is 3.08. The smallest absolute Gasteiger partial charge is 0.0562 e. The minimum Gasteiger partial charge on any atom is -0.309 e. The fourth-order valence-corrected chi connectivity index (χ4v) is 1.49. The second-order valence-electron chi connectivity index (χ2n) is 4.02. The first-order valence-corrected chi connectivity index (χ1v) is 6.35. The molecule has 0 unspecified atom stereocenters. The first-order valence-electron chi connectivity index (χ1n) is 5.27. The summed E-state index contributed by atoms with van der Waals surface area (Å²) < 4.78 is 1.23. The summed E-state index contributed by atoms with van der Waals surface area (Å²) in [5.41, 5.74) is 5.21. The molecule has 88 valence electrons. The molecule has 0 bridgehead atoms. The molecule has 0 atom stereocenters. The maximum absolute atomic E-state index is 4.33. The van der Waals surface area contributed by atoms with E-state index in [-0.39, 0.29) is 0 Å². The van der Waals surface area contributed by atoms with Crippen LogP contribution in [0.3, 0.4) is 0 Å². The maximum atomic E-state index is 4.33. The average Bonchev–Trinajstić information content (AvgIpc) is 2.25. The van der Waals surface area contributed by atoms with Crippen molar-refractivity contribution in [3.8, 4) is 0 Å². The highest BCUT2D eigenvalue weighted by molar-refractivity contribution is 14.1. The second-order valence-corrected chi connectivity index (χ2v) is 5.26. The molecule has 16 heavy (non-hydrogen) atoms. The Kier molecular flexibility index (Phi) is 5.76. The van der Waals surface area contributed by atoms with E-state index in [9.17, 15) is 0 Å². The van der Waals surface area contributed by atoms with Crippen LogP contribution < -0.4 is 5.43 Å². The number of hydrogen-bond acceptors (Lipinski definition) is 3. The molecule has 0 saturated heterocycles. The normalized spacial score (nSPS) is 11.9. The van der Waals surface area contributed by atoms with Crippen molar-refractivity contribution >= 4 is 34.0 Å². The Hall–Kier alpha value is -0.620. The van der Waals surface area contributed by atoms with E-state index in [1.165, 1.54) is 3.57 Å². The number of hydrogen-bond donors (Lipinski definition) is 1. The molecule has 0 spiro atoms. The van der Waals surface area contributed by atoms with Gasteiger partial charge >= 0.3 is 0 Å². The lowest BCUT2D eigenvalue weighted by atomic mass is 10.3. The molecule has 0 amide bonds. The van der Waals surface area contributed by atoms with Crippen LogP contribution >= 0.6 is 22.6 Å². The largest absolute Gasteiger partial charge is 0.309 e. The maximum Gasteiger partial charge on any atom is 0.0562 e. The SMILES string of the molecule is CC(CCN(C)C)=NNc1ccc(I)cc1. The lowest BCUT2D eigenvalue weighted by molar-refractivity contribution is 0.421. The molecule has 4 heteroatoms. The Morgan fingerprint density at radius 1 is 1.31 bits per heavy atom. The van der Waals surface area contributed by atoms with E-state index in [4.69, 9.17) is 0 Å². The van der Waals surface area contributed by atoms with Gasteiger partial charge in [-0.1, -0.05) is 0 Å². The second kappa shape index (κ2) is 6.85. The highest BCUT2D eigenvalue weighted by atomic mass is 127. The fraction of sp³-hybridized carbons (Fsp3) is 0.417. The van der Waals surface area contributed by atoms with Crippen LogP contribution in [-0.2, 0) is 0 Å². The summed E-state index contributed by atoms with van der Waals surface area (Å²) in [6.07, 6.45) is 0.990. The van der Waals surface area contributed by atoms with Gasteiger partial charge in [-0.25, -0.2) is 0 Å². The molecule has 1 aromatic carbocycles. The molecular formula is C12H18IN3. The Morgan fingerprint density at radius 3 is 2.50 bits per heavy atom. The van der Waals surface area contributed by atoms with E-state index in [0.29, 0.717) is 0 Å². The van der Waals surface area contributed by atoms with Crippen LogP contribution in [0.15, 0.2) is 29.4 Å². The van der Waals surface area contributed by atoms with Crippen molar-refractivity contribution in [2.24, 2.45) is 5.10 Å². The minimum absolute atomic E-state index is 0.990. The highest BCUT2D eigenvalue weighted by Gasteiger charge is 1.95. The summed E-state index contributed by atoms with van der Waals surface area (Å²) in [5, 5.41) is 4.33. The van der Waals surface area contributed by atoms with E-state index in [1.54, 1.807) is 0 Å². The van der Waals surface area contributed by atoms with Gasteiger partial charge in [0.2, 0.25) is 0 Å². The van der Waals surface area contributed by atoms with Crippen LogP contribution in [0.25, 0.3) is 0 Å². The van der Waals surface area contributed by atoms with Crippen LogP contribution in [0, 0.1) is 3.57 Å². The van der Waals surface area contributed by atoms with Crippen molar-refractivity contribution in [3.63, 3.8) is 0 Å². The molecule has 1 N–H and O–H groups in total. The van der Waals surface area contributed by atoms with Crippen molar-refractivity contribution in [3.05, 3.63) is 27.8 Å². The summed E-state index contributed by atoms with van der Waals surface area (Å²) in [5.74, 6) is 0. The number of nitrogens with zero attached hydrogens (tertiary/aromatic N) is 2. The number of halogens is 1. The van der Waals surface area contributed by atoms with Crippen LogP contribution in [0.1, 0.15) is 13.3 Å². The van der Waals surface area contributed by atoms with Gasteiger partial charge in [-0.3, -0.25) is 5.43 Å². The summed E-state index contributed by atoms with van der Waals surface area (Å²) in [7, 11) is 4.14. The zero-order chi connectivity index (χ0) is 12.0. The Bertz CT molecular complexity index is 344. The molecule has 1 aromatic rings. The van der Waals surface area contributed by atoms with E-state index in [0.717, 1.165) is 24.4 Å². The van der Waals surface area contributed by atoms with Gasteiger partial charge in [0.25, 0.3) is 0 Å². The molecule has 0 aromatic heterocycles. The lowest BCUT2D eigenvalue weighted by Crippen LogP contribution is -2.15. The van der Waals surface area contributed by atoms with Crippen LogP contribution in [-0.4, -0.2) is 31.3 Å². The van der Waals surface area contributed by atoms with Gasteiger partial charge in [-0.05, 0) is 74.3 Å². The van der Waals surface area contributed by atoms with Gasteiger partial charge in [-0.2, -0.15) is 5.10 Å². The van der Waals surface area contributed by atoms with Gasteiger partial charge in [0.1, 0.15) is 0 Å². The number of anilines is 1. The van der Waals surface area contributed by atoms with Crippen molar-refractivity contribution in [1.82, 2.24) is 4.90 Å². The quantitative estimate of drug-likeness (QED) is 0.510. The topological polar surface area (TPSA) is 27.6 Å². The molecule has 0 aliphatic heterocycles. The third kappa shape index (κ3) is 5.46. The molecule has 0 saturated carbocycles. The van der Waals surface area contributed by atoms with Gasteiger partial charge in [0.15, 0.2) is 0 Å². The third-order valence-corrected chi connectivity index (χ3v) is 2.86. The van der Waals surface area contributed by atoms with Gasteiger partial charge in [0, 0.05) is 15.8 Å². The van der Waals surface area contributed by atoms with Gasteiger partial charge in [-0.15, -0.1) is 0 Å². The standard InChI is InChI=1S/C12H18IN3/c1-10(8-9-16(2)3)14-15-12-6-4-11(13)5-7-12/h4-7,15H,8-9H2,1-3H3. The van der Waals surface area contributed by atoms with E-state index in [2.05, 4.69) is 64.2 Å². The monoisotopic (exact) mass is 331 g/mol. The van der Waals surface area contributed by atoms with Crippen LogP contribution in [0.2, 0.25) is 0 Å². The number of hydrazone groups is 1. The van der Waals surface area contributed by atoms with Crippen molar-refractivity contribution in [2.45, 2.75) is 13.3 Å². The Morgan fingerprint density at radius 2 is 1.94 bits per heavy atom. The Balaban J connectivity index is 2.43.